The molecule has 0 aliphatic rings. The Bertz CT molecular complexity index is 1150. The first-order chi connectivity index (χ1) is 15.3. The average Bonchev–Trinajstić information content (AvgIpc) is 2.80. The van der Waals surface area contributed by atoms with E-state index in [9.17, 15) is 14.0 Å². The van der Waals surface area contributed by atoms with Gasteiger partial charge in [-0.25, -0.2) is 4.39 Å². The van der Waals surface area contributed by atoms with Crippen molar-refractivity contribution in [2.24, 2.45) is 0 Å². The molecule has 11 heteroatoms. The predicted molar refractivity (Wildman–Crippen MR) is 120 cm³/mol. The zero-order valence-corrected chi connectivity index (χ0v) is 18.3. The number of halogens is 3. The minimum Gasteiger partial charge on any atom is -0.489 e. The summed E-state index contributed by atoms with van der Waals surface area (Å²) >= 11 is 12.1. The Kier molecular flexibility index (Phi) is 7.45. The molecule has 1 heterocycles. The molecule has 3 aromatic rings. The van der Waals surface area contributed by atoms with E-state index in [0.717, 1.165) is 0 Å². The van der Waals surface area contributed by atoms with E-state index in [1.165, 1.54) is 30.1 Å². The predicted octanol–water partition coefficient (Wildman–Crippen LogP) is 3.78. The van der Waals surface area contributed by atoms with E-state index >= 15 is 0 Å². The van der Waals surface area contributed by atoms with Crippen LogP contribution in [-0.4, -0.2) is 36.2 Å². The van der Waals surface area contributed by atoms with Crippen molar-refractivity contribution in [1.29, 1.82) is 0 Å². The van der Waals surface area contributed by atoms with Crippen LogP contribution in [0, 0.1) is 5.82 Å². The number of rotatable bonds is 8. The third-order valence-electron chi connectivity index (χ3n) is 4.51. The van der Waals surface area contributed by atoms with Crippen LogP contribution in [-0.2, 0) is 11.2 Å². The van der Waals surface area contributed by atoms with Crippen LogP contribution in [0.3, 0.4) is 0 Å². The fourth-order valence-electron chi connectivity index (χ4n) is 2.83. The van der Waals surface area contributed by atoms with Gasteiger partial charge in [-0.1, -0.05) is 23.2 Å². The van der Waals surface area contributed by atoms with Crippen molar-refractivity contribution in [3.05, 3.63) is 69.5 Å². The van der Waals surface area contributed by atoms with E-state index in [4.69, 9.17) is 33.7 Å². The van der Waals surface area contributed by atoms with Crippen LogP contribution >= 0.6 is 23.2 Å². The fraction of sp³-hybridized carbons (Fsp3) is 0.143. The number of nitrogens with two attached hydrogens (primary N) is 1. The average molecular weight is 478 g/mol. The molecule has 0 atom stereocenters. The number of nitrogens with one attached hydrogen (secondary N) is 1. The van der Waals surface area contributed by atoms with E-state index in [2.05, 4.69) is 15.5 Å². The van der Waals surface area contributed by atoms with Gasteiger partial charge in [-0.2, -0.15) is 0 Å². The fourth-order valence-corrected chi connectivity index (χ4v) is 3.39. The lowest BCUT2D eigenvalue weighted by Gasteiger charge is -2.18. The van der Waals surface area contributed by atoms with Gasteiger partial charge in [-0.05, 0) is 42.0 Å². The number of aromatic nitrogens is 2. The molecule has 3 rings (SSSR count). The van der Waals surface area contributed by atoms with Crippen LogP contribution in [0.4, 0.5) is 21.7 Å². The van der Waals surface area contributed by atoms with Crippen LogP contribution < -0.4 is 20.7 Å². The Morgan fingerprint density at radius 2 is 1.94 bits per heavy atom. The number of hydrogen-bond donors (Lipinski definition) is 2. The molecule has 0 fully saturated rings. The molecule has 32 heavy (non-hydrogen) atoms. The Morgan fingerprint density at radius 1 is 1.22 bits per heavy atom. The lowest BCUT2D eigenvalue weighted by atomic mass is 10.1. The van der Waals surface area contributed by atoms with E-state index in [1.54, 1.807) is 24.3 Å². The Morgan fingerprint density at radius 3 is 2.59 bits per heavy atom. The molecule has 2 amide bonds. The van der Waals surface area contributed by atoms with Crippen LogP contribution in [0.15, 0.2) is 42.5 Å². The number of amides is 2. The molecule has 3 N–H and O–H groups in total. The maximum absolute atomic E-state index is 13.7. The number of carbonyl (C=O) groups excluding carboxylic acids is 2. The van der Waals surface area contributed by atoms with Crippen molar-refractivity contribution in [2.75, 3.05) is 24.3 Å². The lowest BCUT2D eigenvalue weighted by molar-refractivity contribution is -0.106. The molecule has 0 aliphatic heterocycles. The molecule has 166 valence electrons. The molecule has 2 aromatic carbocycles. The summed E-state index contributed by atoms with van der Waals surface area (Å²) in [6.07, 6.45) is 0.760. The molecule has 0 unspecified atom stereocenters. The topological polar surface area (TPSA) is 110 Å². The largest absolute Gasteiger partial charge is 0.489 e. The van der Waals surface area contributed by atoms with Gasteiger partial charge in [-0.15, -0.1) is 10.2 Å². The second kappa shape index (κ2) is 10.3. The molecule has 0 saturated carbocycles. The highest BCUT2D eigenvalue weighted by Crippen LogP contribution is 2.30. The first-order valence-corrected chi connectivity index (χ1v) is 10.1. The van der Waals surface area contributed by atoms with Crippen molar-refractivity contribution in [3.8, 4) is 5.75 Å². The molecule has 0 bridgehead atoms. The molecular weight excluding hydrogens is 460 g/mol. The summed E-state index contributed by atoms with van der Waals surface area (Å²) in [5.41, 5.74) is 7.13. The van der Waals surface area contributed by atoms with Crippen molar-refractivity contribution < 1.29 is 18.7 Å². The second-order valence-electron chi connectivity index (χ2n) is 6.47. The van der Waals surface area contributed by atoms with Gasteiger partial charge in [0.05, 0.1) is 17.3 Å². The monoisotopic (exact) mass is 477 g/mol. The summed E-state index contributed by atoms with van der Waals surface area (Å²) in [6, 6.07) is 10.4. The van der Waals surface area contributed by atoms with Crippen molar-refractivity contribution in [3.63, 3.8) is 0 Å². The number of ether oxygens (including phenoxy) is 1. The van der Waals surface area contributed by atoms with E-state index in [1.807, 2.05) is 0 Å². The quantitative estimate of drug-likeness (QED) is 0.377. The van der Waals surface area contributed by atoms with Crippen molar-refractivity contribution >= 4 is 52.8 Å². The van der Waals surface area contributed by atoms with Gasteiger partial charge in [0.2, 0.25) is 6.41 Å². The number of anilines is 3. The smallest absolute Gasteiger partial charge is 0.251 e. The Hall–Kier alpha value is -3.43. The highest BCUT2D eigenvalue weighted by molar-refractivity contribution is 6.36. The normalized spacial score (nSPS) is 10.5. The first-order valence-electron chi connectivity index (χ1n) is 9.30. The zero-order chi connectivity index (χ0) is 23.3. The number of hydrogen-bond acceptors (Lipinski definition) is 6. The van der Waals surface area contributed by atoms with Crippen LogP contribution in [0.25, 0.3) is 0 Å². The van der Waals surface area contributed by atoms with Crippen LogP contribution in [0.5, 0.6) is 5.75 Å². The summed E-state index contributed by atoms with van der Waals surface area (Å²) in [4.78, 5) is 24.6. The highest BCUT2D eigenvalue weighted by Gasteiger charge is 2.16. The van der Waals surface area contributed by atoms with E-state index in [-0.39, 0.29) is 41.3 Å². The number of nitrogen functional groups attached to an aromatic ring is 1. The molecule has 0 saturated heterocycles. The number of benzene rings is 2. The molecule has 0 spiro atoms. The minimum absolute atomic E-state index is 0.00556. The van der Waals surface area contributed by atoms with Crippen molar-refractivity contribution in [2.45, 2.75) is 6.42 Å². The summed E-state index contributed by atoms with van der Waals surface area (Å²) in [5, 5.41) is 10.5. The van der Waals surface area contributed by atoms with Gasteiger partial charge >= 0.3 is 0 Å². The summed E-state index contributed by atoms with van der Waals surface area (Å²) in [7, 11) is 1.52. The Labute approximate surface area is 193 Å². The maximum atomic E-state index is 13.7. The lowest BCUT2D eigenvalue weighted by Crippen LogP contribution is -2.19. The van der Waals surface area contributed by atoms with Gasteiger partial charge in [0, 0.05) is 30.1 Å². The standard InChI is InChI=1S/C21H18Cl2FN5O3/c1-26-21(31)12-2-4-13(5-3-12)29(11-30)18-10-17(20(25)28-27-18)32-9-8-14-15(22)6-7-16(24)19(14)23/h2-7,10-11H,8-9H2,1H3,(H2,25,28)(H,26,31). The van der Waals surface area contributed by atoms with Gasteiger partial charge in [0.1, 0.15) is 5.82 Å². The third kappa shape index (κ3) is 5.06. The number of carbonyl (C=O) groups is 2. The van der Waals surface area contributed by atoms with Gasteiger partial charge in [0.15, 0.2) is 17.4 Å². The van der Waals surface area contributed by atoms with Crippen LogP contribution in [0.2, 0.25) is 10.0 Å². The summed E-state index contributed by atoms with van der Waals surface area (Å²) in [5.74, 6) is -0.504. The van der Waals surface area contributed by atoms with Crippen molar-refractivity contribution in [1.82, 2.24) is 15.5 Å². The maximum Gasteiger partial charge on any atom is 0.251 e. The Balaban J connectivity index is 1.78. The molecule has 0 radical (unpaired) electrons. The zero-order valence-electron chi connectivity index (χ0n) is 16.8. The van der Waals surface area contributed by atoms with E-state index < -0.39 is 5.82 Å². The van der Waals surface area contributed by atoms with Gasteiger partial charge < -0.3 is 15.8 Å². The second-order valence-corrected chi connectivity index (χ2v) is 7.26. The van der Waals surface area contributed by atoms with Gasteiger partial charge in [0.25, 0.3) is 5.91 Å². The molecule has 1 aromatic heterocycles. The highest BCUT2D eigenvalue weighted by atomic mass is 35.5. The summed E-state index contributed by atoms with van der Waals surface area (Å²) < 4.78 is 19.3. The molecule has 8 nitrogen and oxygen atoms in total. The molecule has 0 aliphatic carbocycles. The minimum atomic E-state index is -0.581. The van der Waals surface area contributed by atoms with Crippen LogP contribution in [0.1, 0.15) is 15.9 Å². The van der Waals surface area contributed by atoms with Gasteiger partial charge in [-0.3, -0.25) is 14.5 Å². The summed E-state index contributed by atoms with van der Waals surface area (Å²) in [6.45, 7) is 0.0696. The SMILES string of the molecule is CNC(=O)c1ccc(N(C=O)c2cc(OCCc3c(Cl)ccc(F)c3Cl)c(N)nn2)cc1. The third-order valence-corrected chi connectivity index (χ3v) is 5.27. The number of nitrogens with zero attached hydrogens (tertiary/aromatic N) is 3. The van der Waals surface area contributed by atoms with E-state index in [0.29, 0.717) is 28.2 Å². The first kappa shape index (κ1) is 23.2. The molecular formula is C21H18Cl2FN5O3.